The predicted molar refractivity (Wildman–Crippen MR) is 129 cm³/mol. The Morgan fingerprint density at radius 1 is 1.28 bits per heavy atom. The molecule has 0 spiro atoms. The number of nitrogens with two attached hydrogens (primary N) is 1. The Kier molecular flexibility index (Phi) is 7.09. The summed E-state index contributed by atoms with van der Waals surface area (Å²) in [6.07, 6.45) is 9.46. The molecular formula is C25H28N6O. The van der Waals surface area contributed by atoms with E-state index in [1.165, 1.54) is 17.3 Å². The van der Waals surface area contributed by atoms with Gasteiger partial charge in [0.1, 0.15) is 6.10 Å². The molecule has 0 radical (unpaired) electrons. The van der Waals surface area contributed by atoms with Crippen molar-refractivity contribution in [1.82, 2.24) is 15.3 Å². The van der Waals surface area contributed by atoms with Crippen LogP contribution in [0.5, 0.6) is 5.88 Å². The summed E-state index contributed by atoms with van der Waals surface area (Å²) < 4.78 is 6.35. The van der Waals surface area contributed by atoms with Crippen LogP contribution in [0.25, 0.3) is 5.57 Å². The van der Waals surface area contributed by atoms with Crippen molar-refractivity contribution in [3.05, 3.63) is 90.0 Å². The zero-order chi connectivity index (χ0) is 22.2. The molecule has 4 N–H and O–H groups in total. The van der Waals surface area contributed by atoms with Crippen LogP contribution in [0.3, 0.4) is 0 Å². The molecular weight excluding hydrogens is 400 g/mol. The standard InChI is InChI=1S/C25H28N6O/c1-27-15-21(14-26)20-13-22-25(31-16-20)32-23(17-30-22)24(19-5-3-2-4-6-19)29-12-9-18-7-10-28-11-8-18/h2-8,10-11,13-16,23-24,29-30H,9,12,17,26H2,1H3/b21-14+,27-15?/t23-,24+/m0/s1. The van der Waals surface area contributed by atoms with E-state index >= 15 is 0 Å². The highest BCUT2D eigenvalue weighted by atomic mass is 16.5. The number of rotatable bonds is 8. The highest BCUT2D eigenvalue weighted by Gasteiger charge is 2.29. The number of aromatic nitrogens is 2. The molecule has 2 atom stereocenters. The van der Waals surface area contributed by atoms with E-state index in [0.717, 1.165) is 29.8 Å². The Balaban J connectivity index is 1.50. The molecule has 0 bridgehead atoms. The summed E-state index contributed by atoms with van der Waals surface area (Å²) in [6.45, 7) is 1.48. The third kappa shape index (κ3) is 5.12. The number of hydrogen-bond donors (Lipinski definition) is 3. The normalized spacial score (nSPS) is 16.8. The fourth-order valence-corrected chi connectivity index (χ4v) is 3.81. The van der Waals surface area contributed by atoms with Crippen LogP contribution in [0.15, 0.2) is 78.3 Å². The summed E-state index contributed by atoms with van der Waals surface area (Å²) in [7, 11) is 1.71. The van der Waals surface area contributed by atoms with Gasteiger partial charge in [0.2, 0.25) is 5.88 Å². The molecule has 3 aromatic rings. The largest absolute Gasteiger partial charge is 0.469 e. The van der Waals surface area contributed by atoms with Gasteiger partial charge < -0.3 is 21.1 Å². The van der Waals surface area contributed by atoms with E-state index in [9.17, 15) is 0 Å². The van der Waals surface area contributed by atoms with Crippen molar-refractivity contribution >= 4 is 17.5 Å². The number of allylic oxidation sites excluding steroid dienone is 1. The fraction of sp³-hybridized carbons (Fsp3) is 0.240. The number of pyridine rings is 2. The number of hydrogen-bond acceptors (Lipinski definition) is 7. The minimum Gasteiger partial charge on any atom is -0.469 e. The van der Waals surface area contributed by atoms with Crippen LogP contribution >= 0.6 is 0 Å². The van der Waals surface area contributed by atoms with Gasteiger partial charge in [-0.3, -0.25) is 9.98 Å². The van der Waals surface area contributed by atoms with Crippen LogP contribution in [0, 0.1) is 0 Å². The maximum absolute atomic E-state index is 6.35. The van der Waals surface area contributed by atoms with Gasteiger partial charge in [0.25, 0.3) is 0 Å². The predicted octanol–water partition coefficient (Wildman–Crippen LogP) is 3.22. The lowest BCUT2D eigenvalue weighted by Crippen LogP contribution is -2.43. The zero-order valence-electron chi connectivity index (χ0n) is 18.1. The fourth-order valence-electron chi connectivity index (χ4n) is 3.81. The molecule has 1 aliphatic heterocycles. The molecule has 32 heavy (non-hydrogen) atoms. The first kappa shape index (κ1) is 21.5. The van der Waals surface area contributed by atoms with Crippen LogP contribution in [-0.4, -0.2) is 42.4 Å². The Hall–Kier alpha value is -3.71. The Morgan fingerprint density at radius 2 is 2.09 bits per heavy atom. The first-order valence-corrected chi connectivity index (χ1v) is 10.7. The van der Waals surface area contributed by atoms with E-state index in [4.69, 9.17) is 10.5 Å². The van der Waals surface area contributed by atoms with E-state index < -0.39 is 0 Å². The number of nitrogens with one attached hydrogen (secondary N) is 2. The topological polar surface area (TPSA) is 97.5 Å². The molecule has 0 unspecified atom stereocenters. The van der Waals surface area contributed by atoms with E-state index in [2.05, 4.69) is 49.9 Å². The first-order valence-electron chi connectivity index (χ1n) is 10.7. The van der Waals surface area contributed by atoms with Gasteiger partial charge in [0.15, 0.2) is 0 Å². The van der Waals surface area contributed by atoms with E-state index in [-0.39, 0.29) is 12.1 Å². The highest BCUT2D eigenvalue weighted by molar-refractivity contribution is 6.09. The SMILES string of the molecule is CN=C/C(=C\N)c1cnc2c(c1)NC[C@@H]([C@H](NCCc1ccncc1)c1ccccc1)O2. The van der Waals surface area contributed by atoms with Crippen molar-refractivity contribution in [3.8, 4) is 5.88 Å². The second kappa shape index (κ2) is 10.5. The van der Waals surface area contributed by atoms with Gasteiger partial charge in [-0.05, 0) is 42.3 Å². The molecule has 0 amide bonds. The molecule has 1 aliphatic rings. The van der Waals surface area contributed by atoms with Crippen LogP contribution in [0.1, 0.15) is 22.7 Å². The number of anilines is 1. The Labute approximate surface area is 188 Å². The van der Waals surface area contributed by atoms with Crippen LogP contribution < -0.4 is 21.1 Å². The minimum absolute atomic E-state index is 0.0203. The van der Waals surface area contributed by atoms with Gasteiger partial charge in [0.05, 0.1) is 18.3 Å². The van der Waals surface area contributed by atoms with Crippen molar-refractivity contribution in [2.45, 2.75) is 18.6 Å². The van der Waals surface area contributed by atoms with Gasteiger partial charge in [-0.25, -0.2) is 4.98 Å². The van der Waals surface area contributed by atoms with Gasteiger partial charge in [-0.1, -0.05) is 30.3 Å². The first-order chi connectivity index (χ1) is 15.8. The quantitative estimate of drug-likeness (QED) is 0.477. The summed E-state index contributed by atoms with van der Waals surface area (Å²) in [5, 5.41) is 7.17. The Bertz CT molecular complexity index is 1070. The lowest BCUT2D eigenvalue weighted by atomic mass is 9.99. The van der Waals surface area contributed by atoms with E-state index in [1.807, 2.05) is 36.7 Å². The van der Waals surface area contributed by atoms with Gasteiger partial charge >= 0.3 is 0 Å². The van der Waals surface area contributed by atoms with Crippen molar-refractivity contribution in [3.63, 3.8) is 0 Å². The summed E-state index contributed by atoms with van der Waals surface area (Å²) in [5.41, 5.74) is 10.7. The molecule has 2 aromatic heterocycles. The van der Waals surface area contributed by atoms with Gasteiger partial charge in [0, 0.05) is 49.2 Å². The van der Waals surface area contributed by atoms with Crippen LogP contribution in [0.4, 0.5) is 5.69 Å². The average Bonchev–Trinajstić information content (AvgIpc) is 2.86. The summed E-state index contributed by atoms with van der Waals surface area (Å²) >= 11 is 0. The molecule has 0 aliphatic carbocycles. The summed E-state index contributed by atoms with van der Waals surface area (Å²) in [4.78, 5) is 12.7. The number of aliphatic imine (C=N–C) groups is 1. The molecule has 3 heterocycles. The number of ether oxygens (including phenoxy) is 1. The van der Waals surface area contributed by atoms with Crippen molar-refractivity contribution in [1.29, 1.82) is 0 Å². The smallest absolute Gasteiger partial charge is 0.237 e. The van der Waals surface area contributed by atoms with E-state index in [0.29, 0.717) is 12.4 Å². The minimum atomic E-state index is -0.109. The molecule has 7 heteroatoms. The maximum atomic E-state index is 6.35. The third-order valence-corrected chi connectivity index (χ3v) is 5.45. The molecule has 0 saturated heterocycles. The second-order valence-corrected chi connectivity index (χ2v) is 7.57. The number of benzene rings is 1. The molecule has 0 fully saturated rings. The molecule has 7 nitrogen and oxygen atoms in total. The van der Waals surface area contributed by atoms with Crippen LogP contribution in [0.2, 0.25) is 0 Å². The van der Waals surface area contributed by atoms with Gasteiger partial charge in [-0.15, -0.1) is 0 Å². The highest BCUT2D eigenvalue weighted by Crippen LogP contribution is 2.32. The lowest BCUT2D eigenvalue weighted by Gasteiger charge is -2.33. The Morgan fingerprint density at radius 3 is 2.84 bits per heavy atom. The molecule has 164 valence electrons. The summed E-state index contributed by atoms with van der Waals surface area (Å²) in [5.74, 6) is 0.590. The third-order valence-electron chi connectivity index (χ3n) is 5.45. The van der Waals surface area contributed by atoms with E-state index in [1.54, 1.807) is 19.5 Å². The monoisotopic (exact) mass is 428 g/mol. The van der Waals surface area contributed by atoms with Crippen molar-refractivity contribution in [2.75, 3.05) is 25.5 Å². The zero-order valence-corrected chi connectivity index (χ0v) is 18.1. The van der Waals surface area contributed by atoms with Crippen LogP contribution in [-0.2, 0) is 6.42 Å². The number of fused-ring (bicyclic) bond motifs is 1. The van der Waals surface area contributed by atoms with Crippen molar-refractivity contribution < 1.29 is 4.74 Å². The number of nitrogens with zero attached hydrogens (tertiary/aromatic N) is 3. The second-order valence-electron chi connectivity index (χ2n) is 7.57. The summed E-state index contributed by atoms with van der Waals surface area (Å²) in [6, 6.07) is 16.5. The van der Waals surface area contributed by atoms with Crippen molar-refractivity contribution in [2.24, 2.45) is 10.7 Å². The average molecular weight is 429 g/mol. The maximum Gasteiger partial charge on any atom is 0.237 e. The molecule has 1 aromatic carbocycles. The van der Waals surface area contributed by atoms with Gasteiger partial charge in [-0.2, -0.15) is 0 Å². The lowest BCUT2D eigenvalue weighted by molar-refractivity contribution is 0.150. The molecule has 0 saturated carbocycles. The molecule has 4 rings (SSSR count).